The Morgan fingerprint density at radius 1 is 1.07 bits per heavy atom. The van der Waals surface area contributed by atoms with Crippen LogP contribution in [-0.2, 0) is 17.8 Å². The first-order chi connectivity index (χ1) is 13.2. The number of H-pyrrole nitrogens is 1. The Hall–Kier alpha value is -2.62. The Kier molecular flexibility index (Phi) is 5.23. The fraction of sp³-hybridized carbons (Fsp3) is 0.391. The number of nitrogens with zero attached hydrogens (tertiary/aromatic N) is 1. The number of hydrogen-bond donors (Lipinski definition) is 2. The molecule has 3 aromatic rings. The second-order valence-electron chi connectivity index (χ2n) is 7.83. The van der Waals surface area contributed by atoms with Crippen LogP contribution in [0.4, 0.5) is 0 Å². The van der Waals surface area contributed by atoms with Crippen LogP contribution in [0.15, 0.2) is 48.5 Å². The number of fused-ring (bicyclic) bond motifs is 1. The number of amides is 1. The second kappa shape index (κ2) is 7.95. The van der Waals surface area contributed by atoms with Crippen LogP contribution >= 0.6 is 0 Å². The molecule has 0 bridgehead atoms. The van der Waals surface area contributed by atoms with Crippen molar-refractivity contribution in [2.24, 2.45) is 11.8 Å². The molecule has 1 saturated carbocycles. The zero-order valence-corrected chi connectivity index (χ0v) is 15.9. The minimum atomic E-state index is 0.155. The van der Waals surface area contributed by atoms with Crippen molar-refractivity contribution >= 4 is 16.9 Å². The Labute approximate surface area is 160 Å². The van der Waals surface area contributed by atoms with Gasteiger partial charge in [0.05, 0.1) is 11.0 Å². The number of benzene rings is 2. The molecular formula is C23H27N3O. The van der Waals surface area contributed by atoms with E-state index in [2.05, 4.69) is 47.6 Å². The van der Waals surface area contributed by atoms with Gasteiger partial charge in [-0.3, -0.25) is 4.79 Å². The van der Waals surface area contributed by atoms with Gasteiger partial charge in [0.15, 0.2) is 0 Å². The molecule has 0 saturated heterocycles. The van der Waals surface area contributed by atoms with Gasteiger partial charge in [-0.15, -0.1) is 0 Å². The second-order valence-corrected chi connectivity index (χ2v) is 7.83. The SMILES string of the molecule is Cc1ccc(CNC(=O)[C@H]2CC[C@H](Cc3nc4ccccc4[nH]3)CC2)cc1. The zero-order valence-electron chi connectivity index (χ0n) is 15.9. The fourth-order valence-corrected chi connectivity index (χ4v) is 4.04. The van der Waals surface area contributed by atoms with Crippen molar-refractivity contribution < 1.29 is 4.79 Å². The molecule has 0 radical (unpaired) electrons. The number of rotatable bonds is 5. The number of hydrogen-bond acceptors (Lipinski definition) is 2. The van der Waals surface area contributed by atoms with Gasteiger partial charge in [-0.2, -0.15) is 0 Å². The van der Waals surface area contributed by atoms with Gasteiger partial charge in [-0.25, -0.2) is 4.98 Å². The maximum Gasteiger partial charge on any atom is 0.223 e. The predicted octanol–water partition coefficient (Wildman–Crippen LogP) is 4.54. The van der Waals surface area contributed by atoms with E-state index in [4.69, 9.17) is 4.98 Å². The summed E-state index contributed by atoms with van der Waals surface area (Å²) in [5.41, 5.74) is 4.55. The maximum absolute atomic E-state index is 12.5. The molecule has 1 fully saturated rings. The summed E-state index contributed by atoms with van der Waals surface area (Å²) >= 11 is 0. The van der Waals surface area contributed by atoms with Gasteiger partial charge < -0.3 is 10.3 Å². The molecule has 4 rings (SSSR count). The lowest BCUT2D eigenvalue weighted by molar-refractivity contribution is -0.126. The number of para-hydroxylation sites is 2. The standard InChI is InChI=1S/C23H27N3O/c1-16-6-8-18(9-7-16)15-24-23(27)19-12-10-17(11-13-19)14-22-25-20-4-2-3-5-21(20)26-22/h2-9,17,19H,10-15H2,1H3,(H,24,27)(H,25,26)/t17-,19-. The van der Waals surface area contributed by atoms with E-state index in [1.54, 1.807) is 0 Å². The summed E-state index contributed by atoms with van der Waals surface area (Å²) in [7, 11) is 0. The van der Waals surface area contributed by atoms with E-state index in [9.17, 15) is 4.79 Å². The summed E-state index contributed by atoms with van der Waals surface area (Å²) in [5, 5.41) is 3.11. The highest BCUT2D eigenvalue weighted by atomic mass is 16.1. The molecule has 1 aromatic heterocycles. The fourth-order valence-electron chi connectivity index (χ4n) is 4.04. The minimum Gasteiger partial charge on any atom is -0.352 e. The Bertz CT molecular complexity index is 872. The number of aromatic nitrogens is 2. The summed E-state index contributed by atoms with van der Waals surface area (Å²) in [5.74, 6) is 2.05. The van der Waals surface area contributed by atoms with E-state index in [1.807, 2.05) is 18.2 Å². The average molecular weight is 361 g/mol. The summed E-state index contributed by atoms with van der Waals surface area (Å²) in [6, 6.07) is 16.5. The van der Waals surface area contributed by atoms with Crippen LogP contribution in [0.3, 0.4) is 0 Å². The van der Waals surface area contributed by atoms with Gasteiger partial charge in [0.1, 0.15) is 5.82 Å². The van der Waals surface area contributed by atoms with Gasteiger partial charge >= 0.3 is 0 Å². The van der Waals surface area contributed by atoms with E-state index < -0.39 is 0 Å². The molecular weight excluding hydrogens is 334 g/mol. The first-order valence-electron chi connectivity index (χ1n) is 9.94. The first-order valence-corrected chi connectivity index (χ1v) is 9.94. The lowest BCUT2D eigenvalue weighted by Crippen LogP contribution is -2.33. The Morgan fingerprint density at radius 3 is 2.56 bits per heavy atom. The van der Waals surface area contributed by atoms with Crippen molar-refractivity contribution in [3.05, 3.63) is 65.5 Å². The van der Waals surface area contributed by atoms with Gasteiger partial charge in [0.2, 0.25) is 5.91 Å². The number of nitrogens with one attached hydrogen (secondary N) is 2. The van der Waals surface area contributed by atoms with E-state index in [1.165, 1.54) is 5.56 Å². The number of imidazole rings is 1. The molecule has 1 aliphatic carbocycles. The molecule has 0 aliphatic heterocycles. The normalized spacial score (nSPS) is 19.9. The molecule has 4 heteroatoms. The quantitative estimate of drug-likeness (QED) is 0.701. The highest BCUT2D eigenvalue weighted by Crippen LogP contribution is 2.31. The van der Waals surface area contributed by atoms with E-state index in [-0.39, 0.29) is 11.8 Å². The van der Waals surface area contributed by atoms with Crippen LogP contribution in [-0.4, -0.2) is 15.9 Å². The summed E-state index contributed by atoms with van der Waals surface area (Å²) < 4.78 is 0. The molecule has 0 atom stereocenters. The molecule has 4 nitrogen and oxygen atoms in total. The van der Waals surface area contributed by atoms with Crippen molar-refractivity contribution in [3.8, 4) is 0 Å². The third kappa shape index (κ3) is 4.38. The number of carbonyl (C=O) groups is 1. The van der Waals surface area contributed by atoms with E-state index in [0.29, 0.717) is 12.5 Å². The van der Waals surface area contributed by atoms with Gasteiger partial charge in [0.25, 0.3) is 0 Å². The lowest BCUT2D eigenvalue weighted by atomic mass is 9.80. The van der Waals surface area contributed by atoms with Crippen molar-refractivity contribution in [3.63, 3.8) is 0 Å². The predicted molar refractivity (Wildman–Crippen MR) is 108 cm³/mol. The van der Waals surface area contributed by atoms with Crippen molar-refractivity contribution in [1.29, 1.82) is 0 Å². The topological polar surface area (TPSA) is 57.8 Å². The van der Waals surface area contributed by atoms with Crippen molar-refractivity contribution in [1.82, 2.24) is 15.3 Å². The lowest BCUT2D eigenvalue weighted by Gasteiger charge is -2.27. The van der Waals surface area contributed by atoms with Crippen molar-refractivity contribution in [2.45, 2.75) is 45.6 Å². The monoisotopic (exact) mass is 361 g/mol. The third-order valence-corrected chi connectivity index (χ3v) is 5.73. The van der Waals surface area contributed by atoms with Crippen LogP contribution in [0.1, 0.15) is 42.6 Å². The smallest absolute Gasteiger partial charge is 0.223 e. The Balaban J connectivity index is 1.25. The van der Waals surface area contributed by atoms with E-state index in [0.717, 1.165) is 54.5 Å². The molecule has 0 unspecified atom stereocenters. The maximum atomic E-state index is 12.5. The Morgan fingerprint density at radius 2 is 1.81 bits per heavy atom. The molecule has 1 amide bonds. The molecule has 1 heterocycles. The number of aromatic amines is 1. The number of carbonyl (C=O) groups excluding carboxylic acids is 1. The van der Waals surface area contributed by atoms with Crippen molar-refractivity contribution in [2.75, 3.05) is 0 Å². The molecule has 140 valence electrons. The molecule has 1 aliphatic rings. The van der Waals surface area contributed by atoms with Gasteiger partial charge in [0, 0.05) is 18.9 Å². The average Bonchev–Trinajstić information content (AvgIpc) is 3.10. The summed E-state index contributed by atoms with van der Waals surface area (Å²) in [6.45, 7) is 2.70. The van der Waals surface area contributed by atoms with Gasteiger partial charge in [-0.1, -0.05) is 42.0 Å². The van der Waals surface area contributed by atoms with Crippen LogP contribution in [0.2, 0.25) is 0 Å². The molecule has 27 heavy (non-hydrogen) atoms. The van der Waals surface area contributed by atoms with E-state index >= 15 is 0 Å². The largest absolute Gasteiger partial charge is 0.352 e. The molecule has 2 N–H and O–H groups in total. The van der Waals surface area contributed by atoms with Gasteiger partial charge in [-0.05, 0) is 56.2 Å². The highest BCUT2D eigenvalue weighted by Gasteiger charge is 2.26. The zero-order chi connectivity index (χ0) is 18.6. The molecule has 2 aromatic carbocycles. The third-order valence-electron chi connectivity index (χ3n) is 5.73. The summed E-state index contributed by atoms with van der Waals surface area (Å²) in [6.07, 6.45) is 5.13. The van der Waals surface area contributed by atoms with Crippen LogP contribution < -0.4 is 5.32 Å². The van der Waals surface area contributed by atoms with Crippen LogP contribution in [0.25, 0.3) is 11.0 Å². The highest BCUT2D eigenvalue weighted by molar-refractivity contribution is 5.78. The molecule has 0 spiro atoms. The minimum absolute atomic E-state index is 0.155. The first kappa shape index (κ1) is 17.8. The van der Waals surface area contributed by atoms with Crippen LogP contribution in [0.5, 0.6) is 0 Å². The summed E-state index contributed by atoms with van der Waals surface area (Å²) in [4.78, 5) is 20.6. The van der Waals surface area contributed by atoms with Crippen LogP contribution in [0, 0.1) is 18.8 Å². The number of aryl methyl sites for hydroxylation is 1.